The molecule has 72 valence electrons. The molecule has 0 N–H and O–H groups in total. The van der Waals surface area contributed by atoms with Crippen molar-refractivity contribution in [3.05, 3.63) is 23.2 Å². The van der Waals surface area contributed by atoms with Gasteiger partial charge in [-0.2, -0.15) is 0 Å². The van der Waals surface area contributed by atoms with Crippen molar-refractivity contribution in [2.75, 3.05) is 7.11 Å². The van der Waals surface area contributed by atoms with Crippen LogP contribution in [0.1, 0.15) is 0 Å². The van der Waals surface area contributed by atoms with Gasteiger partial charge in [0, 0.05) is 21.8 Å². The molecule has 0 atom stereocenters. The van der Waals surface area contributed by atoms with E-state index < -0.39 is 9.05 Å². The maximum absolute atomic E-state index is 10.9. The van der Waals surface area contributed by atoms with Crippen LogP contribution in [0.25, 0.3) is 0 Å². The van der Waals surface area contributed by atoms with E-state index in [2.05, 4.69) is 0 Å². The summed E-state index contributed by atoms with van der Waals surface area (Å²) in [5.41, 5.74) is 0. The van der Waals surface area contributed by atoms with E-state index in [1.165, 1.54) is 25.3 Å². The van der Waals surface area contributed by atoms with E-state index in [9.17, 15) is 8.42 Å². The summed E-state index contributed by atoms with van der Waals surface area (Å²) in [6, 6.07) is 4.05. The molecule has 0 aliphatic carbocycles. The number of hydrogen-bond donors (Lipinski definition) is 0. The van der Waals surface area contributed by atoms with Gasteiger partial charge in [0.05, 0.1) is 12.0 Å². The smallest absolute Gasteiger partial charge is 0.261 e. The van der Waals surface area contributed by atoms with Gasteiger partial charge in [-0.15, -0.1) is 0 Å². The molecule has 6 heteroatoms. The fourth-order valence-corrected chi connectivity index (χ4v) is 1.88. The minimum Gasteiger partial charge on any atom is -0.497 e. The Labute approximate surface area is 85.6 Å². The summed E-state index contributed by atoms with van der Waals surface area (Å²) in [6.07, 6.45) is 0. The zero-order valence-corrected chi connectivity index (χ0v) is 8.95. The van der Waals surface area contributed by atoms with E-state index in [0.29, 0.717) is 5.75 Å². The molecule has 1 aromatic rings. The third kappa shape index (κ3) is 2.76. The lowest BCUT2D eigenvalue weighted by molar-refractivity contribution is 0.413. The standard InChI is InChI=1S/C7H6Cl2O3S/c1-12-6-2-5(8)3-7(4-6)13(9,10)11/h2-4H,1H3. The van der Waals surface area contributed by atoms with E-state index >= 15 is 0 Å². The summed E-state index contributed by atoms with van der Waals surface area (Å²) in [5.74, 6) is 0.353. The number of methoxy groups -OCH3 is 1. The van der Waals surface area contributed by atoms with Gasteiger partial charge in [-0.3, -0.25) is 0 Å². The zero-order valence-electron chi connectivity index (χ0n) is 6.62. The van der Waals surface area contributed by atoms with Gasteiger partial charge in [-0.05, 0) is 12.1 Å². The van der Waals surface area contributed by atoms with E-state index in [-0.39, 0.29) is 9.92 Å². The van der Waals surface area contributed by atoms with Gasteiger partial charge in [0.25, 0.3) is 9.05 Å². The van der Waals surface area contributed by atoms with Crippen molar-refractivity contribution in [1.82, 2.24) is 0 Å². The molecular weight excluding hydrogens is 235 g/mol. The molecule has 0 aromatic heterocycles. The minimum absolute atomic E-state index is 0.0708. The highest BCUT2D eigenvalue weighted by atomic mass is 35.7. The summed E-state index contributed by atoms with van der Waals surface area (Å²) in [7, 11) is 2.78. The van der Waals surface area contributed by atoms with Crippen molar-refractivity contribution < 1.29 is 13.2 Å². The highest BCUT2D eigenvalue weighted by molar-refractivity contribution is 8.13. The third-order valence-electron chi connectivity index (χ3n) is 1.36. The van der Waals surface area contributed by atoms with Crippen LogP contribution in [0.2, 0.25) is 5.02 Å². The second-order valence-corrected chi connectivity index (χ2v) is 5.27. The number of hydrogen-bond acceptors (Lipinski definition) is 3. The summed E-state index contributed by atoms with van der Waals surface area (Å²) >= 11 is 5.63. The van der Waals surface area contributed by atoms with E-state index in [4.69, 9.17) is 27.0 Å². The molecule has 0 aliphatic heterocycles. The average Bonchev–Trinajstić information content (AvgIpc) is 2.01. The summed E-state index contributed by atoms with van der Waals surface area (Å²) in [6.45, 7) is 0. The van der Waals surface area contributed by atoms with Crippen LogP contribution in [0.5, 0.6) is 5.75 Å². The van der Waals surface area contributed by atoms with E-state index in [1.54, 1.807) is 0 Å². The van der Waals surface area contributed by atoms with Crippen molar-refractivity contribution in [3.8, 4) is 5.75 Å². The molecular formula is C7H6Cl2O3S. The Morgan fingerprint density at radius 1 is 1.31 bits per heavy atom. The van der Waals surface area contributed by atoms with Crippen molar-refractivity contribution in [3.63, 3.8) is 0 Å². The first-order valence-corrected chi connectivity index (χ1v) is 5.91. The van der Waals surface area contributed by atoms with Crippen LogP contribution in [0.3, 0.4) is 0 Å². The molecule has 0 spiro atoms. The number of rotatable bonds is 2. The van der Waals surface area contributed by atoms with Crippen LogP contribution in [-0.2, 0) is 9.05 Å². The minimum atomic E-state index is -3.75. The number of halogens is 2. The Balaban J connectivity index is 3.33. The molecule has 0 aliphatic rings. The molecule has 0 unspecified atom stereocenters. The molecule has 0 bridgehead atoms. The van der Waals surface area contributed by atoms with E-state index in [1.807, 2.05) is 0 Å². The maximum Gasteiger partial charge on any atom is 0.261 e. The topological polar surface area (TPSA) is 43.4 Å². The molecule has 0 saturated heterocycles. The van der Waals surface area contributed by atoms with Gasteiger partial charge in [-0.1, -0.05) is 11.6 Å². The lowest BCUT2D eigenvalue weighted by Gasteiger charge is -2.02. The van der Waals surface area contributed by atoms with Crippen LogP contribution in [-0.4, -0.2) is 15.5 Å². The Hall–Kier alpha value is -0.450. The molecule has 3 nitrogen and oxygen atoms in total. The molecule has 0 radical (unpaired) electrons. The first-order chi connectivity index (χ1) is 5.93. The highest BCUT2D eigenvalue weighted by Crippen LogP contribution is 2.25. The van der Waals surface area contributed by atoms with Crippen molar-refractivity contribution in [1.29, 1.82) is 0 Å². The molecule has 0 fully saturated rings. The maximum atomic E-state index is 10.9. The van der Waals surface area contributed by atoms with Gasteiger partial charge < -0.3 is 4.74 Å². The summed E-state index contributed by atoms with van der Waals surface area (Å²) in [4.78, 5) is -0.0708. The SMILES string of the molecule is COc1cc(Cl)cc(S(=O)(=O)Cl)c1. The second-order valence-electron chi connectivity index (χ2n) is 2.26. The third-order valence-corrected chi connectivity index (χ3v) is 2.91. The van der Waals surface area contributed by atoms with Crippen molar-refractivity contribution in [2.45, 2.75) is 4.90 Å². The van der Waals surface area contributed by atoms with Crippen molar-refractivity contribution >= 4 is 31.3 Å². The van der Waals surface area contributed by atoms with Gasteiger partial charge >= 0.3 is 0 Å². The predicted octanol–water partition coefficient (Wildman–Crippen LogP) is 2.28. The largest absolute Gasteiger partial charge is 0.497 e. The van der Waals surface area contributed by atoms with Gasteiger partial charge in [0.2, 0.25) is 0 Å². The average molecular weight is 241 g/mol. The zero-order chi connectivity index (χ0) is 10.1. The predicted molar refractivity (Wildman–Crippen MR) is 51.0 cm³/mol. The summed E-state index contributed by atoms with van der Waals surface area (Å²) < 4.78 is 26.6. The molecule has 13 heavy (non-hydrogen) atoms. The van der Waals surface area contributed by atoms with Gasteiger partial charge in [0.15, 0.2) is 0 Å². The fraction of sp³-hybridized carbons (Fsp3) is 0.143. The van der Waals surface area contributed by atoms with Crippen LogP contribution >= 0.6 is 22.3 Å². The normalized spacial score (nSPS) is 11.3. The lowest BCUT2D eigenvalue weighted by atomic mass is 10.3. The summed E-state index contributed by atoms with van der Waals surface area (Å²) in [5, 5.41) is 0.263. The van der Waals surface area contributed by atoms with Gasteiger partial charge in [0.1, 0.15) is 5.75 Å². The first-order valence-electron chi connectivity index (χ1n) is 3.23. The molecule has 0 amide bonds. The number of benzene rings is 1. The fourth-order valence-electron chi connectivity index (χ4n) is 0.796. The molecule has 0 heterocycles. The lowest BCUT2D eigenvalue weighted by Crippen LogP contribution is -1.92. The van der Waals surface area contributed by atoms with Gasteiger partial charge in [-0.25, -0.2) is 8.42 Å². The van der Waals surface area contributed by atoms with Crippen LogP contribution in [0.4, 0.5) is 0 Å². The monoisotopic (exact) mass is 240 g/mol. The van der Waals surface area contributed by atoms with E-state index in [0.717, 1.165) is 0 Å². The molecule has 0 saturated carbocycles. The Bertz CT molecular complexity index is 414. The van der Waals surface area contributed by atoms with Crippen LogP contribution in [0, 0.1) is 0 Å². The highest BCUT2D eigenvalue weighted by Gasteiger charge is 2.12. The first kappa shape index (κ1) is 10.6. The van der Waals surface area contributed by atoms with Crippen molar-refractivity contribution in [2.24, 2.45) is 0 Å². The Morgan fingerprint density at radius 2 is 1.92 bits per heavy atom. The Morgan fingerprint density at radius 3 is 2.38 bits per heavy atom. The van der Waals surface area contributed by atoms with Crippen LogP contribution < -0.4 is 4.74 Å². The molecule has 1 rings (SSSR count). The quantitative estimate of drug-likeness (QED) is 0.746. The number of ether oxygens (including phenoxy) is 1. The van der Waals surface area contributed by atoms with Crippen LogP contribution in [0.15, 0.2) is 23.1 Å². The Kier molecular flexibility index (Phi) is 3.05. The molecule has 1 aromatic carbocycles. The second kappa shape index (κ2) is 3.74.